The third kappa shape index (κ3) is 5.31. The van der Waals surface area contributed by atoms with Crippen molar-refractivity contribution in [3.63, 3.8) is 0 Å². The van der Waals surface area contributed by atoms with Gasteiger partial charge in [0.2, 0.25) is 5.91 Å². The molecule has 1 unspecified atom stereocenters. The number of amides is 1. The molecule has 0 bridgehead atoms. The van der Waals surface area contributed by atoms with Crippen molar-refractivity contribution in [1.82, 2.24) is 4.90 Å². The summed E-state index contributed by atoms with van der Waals surface area (Å²) in [4.78, 5) is 24.0. The number of carbonyl (C=O) groups is 2. The molecule has 17 heavy (non-hydrogen) atoms. The first-order chi connectivity index (χ1) is 8.00. The van der Waals surface area contributed by atoms with E-state index in [1.54, 1.807) is 20.2 Å². The van der Waals surface area contributed by atoms with E-state index in [0.717, 1.165) is 0 Å². The molecule has 0 aromatic heterocycles. The van der Waals surface area contributed by atoms with Crippen molar-refractivity contribution in [2.45, 2.75) is 12.5 Å². The predicted molar refractivity (Wildman–Crippen MR) is 62.3 cm³/mol. The first kappa shape index (κ1) is 13.4. The van der Waals surface area contributed by atoms with Gasteiger partial charge in [-0.25, -0.2) is 4.79 Å². The number of hydrogen-bond acceptors (Lipinski definition) is 4. The minimum absolute atomic E-state index is 0.0533. The Morgan fingerprint density at radius 3 is 2.71 bits per heavy atom. The zero-order chi connectivity index (χ0) is 12.8. The van der Waals surface area contributed by atoms with Crippen molar-refractivity contribution >= 4 is 11.9 Å². The second-order valence-electron chi connectivity index (χ2n) is 4.00. The Hall–Kier alpha value is -1.62. The van der Waals surface area contributed by atoms with E-state index in [0.29, 0.717) is 18.6 Å². The highest BCUT2D eigenvalue weighted by Gasteiger charge is 2.24. The van der Waals surface area contributed by atoms with E-state index in [2.05, 4.69) is 6.58 Å². The summed E-state index contributed by atoms with van der Waals surface area (Å²) in [5.74, 6) is -0.569. The van der Waals surface area contributed by atoms with Gasteiger partial charge in [-0.2, -0.15) is 0 Å². The number of carbonyl (C=O) groups excluding carboxylic acids is 2. The van der Waals surface area contributed by atoms with E-state index in [9.17, 15) is 9.59 Å². The number of epoxide rings is 1. The maximum atomic E-state index is 11.4. The lowest BCUT2D eigenvalue weighted by atomic mass is 10.2. The zero-order valence-electron chi connectivity index (χ0n) is 10.1. The average Bonchev–Trinajstić information content (AvgIpc) is 3.09. The van der Waals surface area contributed by atoms with Gasteiger partial charge in [0.15, 0.2) is 0 Å². The maximum absolute atomic E-state index is 11.4. The Labute approximate surface area is 101 Å². The molecule has 1 saturated heterocycles. The highest BCUT2D eigenvalue weighted by atomic mass is 16.6. The fourth-order valence-corrected chi connectivity index (χ4v) is 0.969. The molecular formula is C12H17NO4. The minimum Gasteiger partial charge on any atom is -0.459 e. The number of ether oxygens (including phenoxy) is 2. The molecule has 0 saturated carbocycles. The average molecular weight is 239 g/mol. The van der Waals surface area contributed by atoms with Gasteiger partial charge in [0, 0.05) is 19.7 Å². The smallest absolute Gasteiger partial charge is 0.333 e. The highest BCUT2D eigenvalue weighted by Crippen LogP contribution is 2.10. The molecule has 1 amide bonds. The van der Waals surface area contributed by atoms with E-state index in [-0.39, 0.29) is 18.6 Å². The third-order valence-electron chi connectivity index (χ3n) is 2.16. The Bertz CT molecular complexity index is 342. The summed E-state index contributed by atoms with van der Waals surface area (Å²) in [5.41, 5.74) is 0.327. The van der Waals surface area contributed by atoms with Gasteiger partial charge in [-0.3, -0.25) is 4.79 Å². The molecule has 1 rings (SSSR count). The van der Waals surface area contributed by atoms with Crippen LogP contribution < -0.4 is 0 Å². The lowest BCUT2D eigenvalue weighted by molar-refractivity contribution is -0.139. The van der Waals surface area contributed by atoms with Gasteiger partial charge >= 0.3 is 5.97 Å². The lowest BCUT2D eigenvalue weighted by Gasteiger charge is -2.05. The number of nitrogens with zero attached hydrogens (tertiary/aromatic N) is 1. The van der Waals surface area contributed by atoms with Gasteiger partial charge in [-0.15, -0.1) is 0 Å². The largest absolute Gasteiger partial charge is 0.459 e. The molecule has 0 N–H and O–H groups in total. The Morgan fingerprint density at radius 2 is 2.18 bits per heavy atom. The van der Waals surface area contributed by atoms with E-state index in [4.69, 9.17) is 9.47 Å². The van der Waals surface area contributed by atoms with E-state index < -0.39 is 5.97 Å². The van der Waals surface area contributed by atoms with Crippen LogP contribution in [0.15, 0.2) is 24.3 Å². The van der Waals surface area contributed by atoms with Crippen LogP contribution in [0.1, 0.15) is 6.42 Å². The molecule has 5 nitrogen and oxygen atoms in total. The lowest BCUT2D eigenvalue weighted by Crippen LogP contribution is -2.18. The van der Waals surface area contributed by atoms with E-state index in [1.165, 1.54) is 11.0 Å². The Morgan fingerprint density at radius 1 is 1.53 bits per heavy atom. The van der Waals surface area contributed by atoms with Crippen LogP contribution in [0, 0.1) is 0 Å². The molecule has 0 aromatic carbocycles. The number of likely N-dealkylation sites (N-methyl/N-ethyl adjacent to an activating group) is 1. The van der Waals surface area contributed by atoms with E-state index in [1.807, 2.05) is 0 Å². The molecule has 1 aliphatic heterocycles. The summed E-state index contributed by atoms with van der Waals surface area (Å²) in [5, 5.41) is 0. The van der Waals surface area contributed by atoms with Crippen LogP contribution in [0.5, 0.6) is 0 Å². The molecule has 5 heteroatoms. The van der Waals surface area contributed by atoms with Crippen LogP contribution in [0.2, 0.25) is 0 Å². The summed E-state index contributed by atoms with van der Waals surface area (Å²) in [7, 11) is 3.32. The van der Waals surface area contributed by atoms with Gasteiger partial charge in [0.1, 0.15) is 12.7 Å². The summed E-state index contributed by atoms with van der Waals surface area (Å²) in [6, 6.07) is 0. The molecule has 0 aliphatic carbocycles. The monoisotopic (exact) mass is 239 g/mol. The van der Waals surface area contributed by atoms with Crippen molar-refractivity contribution in [2.24, 2.45) is 0 Å². The van der Waals surface area contributed by atoms with Crippen LogP contribution >= 0.6 is 0 Å². The normalized spacial score (nSPS) is 17.9. The highest BCUT2D eigenvalue weighted by molar-refractivity contribution is 5.89. The Balaban J connectivity index is 2.22. The molecular weight excluding hydrogens is 222 g/mol. The molecule has 1 fully saturated rings. The maximum Gasteiger partial charge on any atom is 0.333 e. The number of esters is 1. The topological polar surface area (TPSA) is 59.1 Å². The van der Waals surface area contributed by atoms with Crippen molar-refractivity contribution in [3.05, 3.63) is 24.3 Å². The standard InChI is InChI=1S/C12H17NO4/c1-9(5-4-6-11(14)13(2)3)12(15)17-8-10-7-16-10/h4,6,10H,1,5,7-8H2,2-3H3. The molecule has 1 aliphatic rings. The van der Waals surface area contributed by atoms with Crippen LogP contribution in [0.25, 0.3) is 0 Å². The fraction of sp³-hybridized carbons (Fsp3) is 0.500. The molecule has 0 spiro atoms. The summed E-state index contributed by atoms with van der Waals surface area (Å²) >= 11 is 0. The van der Waals surface area contributed by atoms with Gasteiger partial charge in [-0.1, -0.05) is 12.7 Å². The number of rotatable bonds is 6. The number of allylic oxidation sites excluding steroid dienone is 1. The van der Waals surface area contributed by atoms with Crippen LogP contribution in [0.4, 0.5) is 0 Å². The second-order valence-corrected chi connectivity index (χ2v) is 4.00. The minimum atomic E-state index is -0.442. The van der Waals surface area contributed by atoms with Gasteiger partial charge in [0.05, 0.1) is 6.61 Å². The van der Waals surface area contributed by atoms with E-state index >= 15 is 0 Å². The van der Waals surface area contributed by atoms with Crippen LogP contribution in [-0.4, -0.2) is 50.2 Å². The number of hydrogen-bond donors (Lipinski definition) is 0. The van der Waals surface area contributed by atoms with Gasteiger partial charge < -0.3 is 14.4 Å². The van der Waals surface area contributed by atoms with Crippen LogP contribution in [0.3, 0.4) is 0 Å². The predicted octanol–water partition coefficient (Wildman–Crippen LogP) is 0.519. The zero-order valence-corrected chi connectivity index (χ0v) is 10.1. The van der Waals surface area contributed by atoms with Crippen LogP contribution in [-0.2, 0) is 19.1 Å². The molecule has 1 atom stereocenters. The summed E-state index contributed by atoms with van der Waals surface area (Å²) in [6.07, 6.45) is 3.36. The van der Waals surface area contributed by atoms with Gasteiger partial charge in [-0.05, 0) is 12.5 Å². The first-order valence-electron chi connectivity index (χ1n) is 5.35. The SMILES string of the molecule is C=C(CC=CC(=O)N(C)C)C(=O)OCC1CO1. The summed E-state index contributed by atoms with van der Waals surface area (Å²) < 4.78 is 9.85. The van der Waals surface area contributed by atoms with Crippen molar-refractivity contribution in [2.75, 3.05) is 27.3 Å². The van der Waals surface area contributed by atoms with Crippen molar-refractivity contribution in [1.29, 1.82) is 0 Å². The summed E-state index contributed by atoms with van der Waals surface area (Å²) in [6.45, 7) is 4.53. The fourth-order valence-electron chi connectivity index (χ4n) is 0.969. The Kier molecular flexibility index (Phi) is 4.90. The molecule has 0 radical (unpaired) electrons. The van der Waals surface area contributed by atoms with Crippen molar-refractivity contribution in [3.8, 4) is 0 Å². The second kappa shape index (κ2) is 6.20. The molecule has 0 aromatic rings. The molecule has 94 valence electrons. The molecule has 1 heterocycles. The quantitative estimate of drug-likeness (QED) is 0.385. The first-order valence-corrected chi connectivity index (χ1v) is 5.35. The van der Waals surface area contributed by atoms with Crippen molar-refractivity contribution < 1.29 is 19.1 Å². The third-order valence-corrected chi connectivity index (χ3v) is 2.16. The van der Waals surface area contributed by atoms with Gasteiger partial charge in [0.25, 0.3) is 0 Å².